The van der Waals surface area contributed by atoms with Crippen molar-refractivity contribution in [1.82, 2.24) is 5.32 Å². The van der Waals surface area contributed by atoms with Gasteiger partial charge in [-0.25, -0.2) is 0 Å². The number of aliphatic hydroxyl groups is 3. The van der Waals surface area contributed by atoms with Crippen molar-refractivity contribution in [2.24, 2.45) is 0 Å². The highest BCUT2D eigenvalue weighted by Gasteiger charge is 2.45. The monoisotopic (exact) mass is 327 g/mol. The number of carbonyl (C=O) groups is 1. The lowest BCUT2D eigenvalue weighted by Crippen LogP contribution is -2.64. The average molecular weight is 327 g/mol. The Balaban J connectivity index is 2.09. The number of aliphatic hydroxyl groups excluding tert-OH is 3. The standard InChI is InChI=1S/C15H21NO7/c1-8(18)16-12-14(21)13(20)11(6-17)23-15(12)22-7-9-3-2-4-10(19)5-9/h2-5,11-15,17,19-21H,6-7H2,1H3,(H,16,18)/t11-,12-,13-,14-,15-/m1/s1. The van der Waals surface area contributed by atoms with E-state index < -0.39 is 43.2 Å². The summed E-state index contributed by atoms with van der Waals surface area (Å²) in [5.41, 5.74) is 0.663. The van der Waals surface area contributed by atoms with Gasteiger partial charge in [0.25, 0.3) is 0 Å². The molecule has 8 heteroatoms. The van der Waals surface area contributed by atoms with E-state index in [-0.39, 0.29) is 12.4 Å². The van der Waals surface area contributed by atoms with Crippen molar-refractivity contribution in [3.05, 3.63) is 29.8 Å². The second-order valence-electron chi connectivity index (χ2n) is 5.41. The molecule has 8 nitrogen and oxygen atoms in total. The molecule has 0 radical (unpaired) electrons. The number of phenolic OH excluding ortho intramolecular Hbond substituents is 1. The van der Waals surface area contributed by atoms with Gasteiger partial charge in [-0.2, -0.15) is 0 Å². The maximum atomic E-state index is 11.3. The molecular formula is C15H21NO7. The first-order chi connectivity index (χ1) is 10.9. The number of hydrogen-bond acceptors (Lipinski definition) is 7. The van der Waals surface area contributed by atoms with Crippen LogP contribution in [-0.2, 0) is 20.9 Å². The third kappa shape index (κ3) is 4.40. The van der Waals surface area contributed by atoms with Gasteiger partial charge in [0, 0.05) is 6.92 Å². The largest absolute Gasteiger partial charge is 0.508 e. The van der Waals surface area contributed by atoms with Crippen LogP contribution in [0.15, 0.2) is 24.3 Å². The zero-order valence-corrected chi connectivity index (χ0v) is 12.6. The minimum Gasteiger partial charge on any atom is -0.508 e. The van der Waals surface area contributed by atoms with Crippen molar-refractivity contribution in [3.63, 3.8) is 0 Å². The summed E-state index contributed by atoms with van der Waals surface area (Å²) in [4.78, 5) is 11.3. The maximum Gasteiger partial charge on any atom is 0.217 e. The SMILES string of the molecule is CC(=O)N[C@H]1[C@H](OCc2cccc(O)c2)O[C@H](CO)[C@@H](O)[C@@H]1O. The lowest BCUT2D eigenvalue weighted by atomic mass is 9.97. The van der Waals surface area contributed by atoms with Crippen molar-refractivity contribution in [2.75, 3.05) is 6.61 Å². The molecule has 1 fully saturated rings. The highest BCUT2D eigenvalue weighted by molar-refractivity contribution is 5.73. The van der Waals surface area contributed by atoms with Gasteiger partial charge in [0.15, 0.2) is 6.29 Å². The van der Waals surface area contributed by atoms with Crippen LogP contribution in [0.2, 0.25) is 0 Å². The first-order valence-electron chi connectivity index (χ1n) is 7.21. The van der Waals surface area contributed by atoms with Gasteiger partial charge >= 0.3 is 0 Å². The topological polar surface area (TPSA) is 128 Å². The first-order valence-corrected chi connectivity index (χ1v) is 7.21. The second kappa shape index (κ2) is 7.71. The van der Waals surface area contributed by atoms with E-state index in [0.29, 0.717) is 5.56 Å². The normalized spacial score (nSPS) is 30.9. The molecule has 2 rings (SSSR count). The van der Waals surface area contributed by atoms with Crippen molar-refractivity contribution < 1.29 is 34.7 Å². The summed E-state index contributed by atoms with van der Waals surface area (Å²) in [6.07, 6.45) is -4.78. The van der Waals surface area contributed by atoms with Crippen LogP contribution in [0.5, 0.6) is 5.75 Å². The van der Waals surface area contributed by atoms with Gasteiger partial charge < -0.3 is 35.2 Å². The smallest absolute Gasteiger partial charge is 0.217 e. The molecule has 1 aromatic carbocycles. The number of amides is 1. The summed E-state index contributed by atoms with van der Waals surface area (Å²) in [6, 6.07) is 5.41. The summed E-state index contributed by atoms with van der Waals surface area (Å²) in [6.45, 7) is 0.816. The Morgan fingerprint density at radius 3 is 2.70 bits per heavy atom. The lowest BCUT2D eigenvalue weighted by Gasteiger charge is -2.42. The van der Waals surface area contributed by atoms with Crippen molar-refractivity contribution >= 4 is 5.91 Å². The second-order valence-corrected chi connectivity index (χ2v) is 5.41. The van der Waals surface area contributed by atoms with Crippen molar-refractivity contribution in [1.29, 1.82) is 0 Å². The van der Waals surface area contributed by atoms with Crippen LogP contribution in [0, 0.1) is 0 Å². The summed E-state index contributed by atoms with van der Waals surface area (Å²) >= 11 is 0. The Bertz CT molecular complexity index is 538. The fraction of sp³-hybridized carbons (Fsp3) is 0.533. The zero-order valence-electron chi connectivity index (χ0n) is 12.6. The number of phenols is 1. The van der Waals surface area contributed by atoms with Crippen LogP contribution in [0.3, 0.4) is 0 Å². The van der Waals surface area contributed by atoms with Crippen LogP contribution < -0.4 is 5.32 Å². The first kappa shape index (κ1) is 17.6. The summed E-state index contributed by atoms with van der Waals surface area (Å²) < 4.78 is 11.0. The quantitative estimate of drug-likeness (QED) is 0.462. The Labute approximate surface area is 133 Å². The number of benzene rings is 1. The molecule has 1 heterocycles. The molecule has 0 unspecified atom stereocenters. The Hall–Kier alpha value is -1.71. The van der Waals surface area contributed by atoms with Gasteiger partial charge in [-0.1, -0.05) is 12.1 Å². The van der Waals surface area contributed by atoms with E-state index in [1.54, 1.807) is 12.1 Å². The number of nitrogens with one attached hydrogen (secondary N) is 1. The highest BCUT2D eigenvalue weighted by atomic mass is 16.7. The van der Waals surface area contributed by atoms with Crippen LogP contribution in [-0.4, -0.2) is 63.6 Å². The summed E-state index contributed by atoms with van der Waals surface area (Å²) in [5, 5.41) is 41.1. The van der Waals surface area contributed by atoms with Crippen molar-refractivity contribution in [3.8, 4) is 5.75 Å². The molecule has 1 aliphatic heterocycles. The van der Waals surface area contributed by atoms with E-state index in [0.717, 1.165) is 0 Å². The van der Waals surface area contributed by atoms with E-state index in [9.17, 15) is 25.2 Å². The molecule has 1 aromatic rings. The summed E-state index contributed by atoms with van der Waals surface area (Å²) in [5.74, 6) is -0.337. The predicted octanol–water partition coefficient (Wildman–Crippen LogP) is -1.15. The molecule has 1 amide bonds. The van der Waals surface area contributed by atoms with Gasteiger partial charge in [-0.15, -0.1) is 0 Å². The molecule has 1 aliphatic rings. The van der Waals surface area contributed by atoms with Crippen LogP contribution in [0.25, 0.3) is 0 Å². The van der Waals surface area contributed by atoms with E-state index in [1.807, 2.05) is 0 Å². The molecule has 0 bridgehead atoms. The lowest BCUT2D eigenvalue weighted by molar-refractivity contribution is -0.273. The van der Waals surface area contributed by atoms with E-state index in [1.165, 1.54) is 19.1 Å². The van der Waals surface area contributed by atoms with Gasteiger partial charge in [-0.05, 0) is 17.7 Å². The fourth-order valence-corrected chi connectivity index (χ4v) is 2.44. The third-order valence-corrected chi connectivity index (χ3v) is 3.58. The van der Waals surface area contributed by atoms with Crippen LogP contribution in [0.4, 0.5) is 0 Å². The minimum atomic E-state index is -1.35. The molecule has 0 spiro atoms. The predicted molar refractivity (Wildman–Crippen MR) is 78.3 cm³/mol. The highest BCUT2D eigenvalue weighted by Crippen LogP contribution is 2.23. The number of rotatable bonds is 5. The molecule has 0 aromatic heterocycles. The van der Waals surface area contributed by atoms with Gasteiger partial charge in [-0.3, -0.25) is 4.79 Å². The van der Waals surface area contributed by atoms with Crippen LogP contribution >= 0.6 is 0 Å². The molecule has 5 N–H and O–H groups in total. The molecule has 0 aliphatic carbocycles. The average Bonchev–Trinajstić information content (AvgIpc) is 2.51. The Morgan fingerprint density at radius 2 is 2.09 bits per heavy atom. The molecule has 1 saturated heterocycles. The van der Waals surface area contributed by atoms with E-state index >= 15 is 0 Å². The Morgan fingerprint density at radius 1 is 1.35 bits per heavy atom. The molecule has 128 valence electrons. The summed E-state index contributed by atoms with van der Waals surface area (Å²) in [7, 11) is 0. The molecule has 0 saturated carbocycles. The number of carbonyl (C=O) groups excluding carboxylic acids is 1. The van der Waals surface area contributed by atoms with Gasteiger partial charge in [0.05, 0.1) is 13.2 Å². The number of hydrogen-bond donors (Lipinski definition) is 5. The maximum absolute atomic E-state index is 11.3. The Kier molecular flexibility index (Phi) is 5.91. The molecule has 23 heavy (non-hydrogen) atoms. The number of ether oxygens (including phenoxy) is 2. The van der Waals surface area contributed by atoms with E-state index in [2.05, 4.69) is 5.32 Å². The van der Waals surface area contributed by atoms with Crippen molar-refractivity contribution in [2.45, 2.75) is 44.2 Å². The molecule has 5 atom stereocenters. The fourth-order valence-electron chi connectivity index (χ4n) is 2.44. The minimum absolute atomic E-state index is 0.0517. The van der Waals surface area contributed by atoms with Gasteiger partial charge in [0.2, 0.25) is 5.91 Å². The van der Waals surface area contributed by atoms with Gasteiger partial charge in [0.1, 0.15) is 30.1 Å². The zero-order chi connectivity index (χ0) is 17.0. The number of aromatic hydroxyl groups is 1. The van der Waals surface area contributed by atoms with E-state index in [4.69, 9.17) is 9.47 Å². The van der Waals surface area contributed by atoms with Crippen LogP contribution in [0.1, 0.15) is 12.5 Å². The third-order valence-electron chi connectivity index (χ3n) is 3.58. The molecular weight excluding hydrogens is 306 g/mol.